The lowest BCUT2D eigenvalue weighted by atomic mass is 9.79. The van der Waals surface area contributed by atoms with E-state index in [0.717, 1.165) is 19.6 Å². The van der Waals surface area contributed by atoms with Crippen LogP contribution in [-0.2, 0) is 6.54 Å². The van der Waals surface area contributed by atoms with Gasteiger partial charge < -0.3 is 9.47 Å². The van der Waals surface area contributed by atoms with Gasteiger partial charge in [0.2, 0.25) is 0 Å². The number of benzene rings is 2. The molecule has 3 aliphatic heterocycles. The van der Waals surface area contributed by atoms with E-state index in [1.165, 1.54) is 59.9 Å². The number of fused-ring (bicyclic) bond motifs is 5. The maximum absolute atomic E-state index is 12.9. The van der Waals surface area contributed by atoms with Crippen molar-refractivity contribution < 1.29 is 0 Å². The molecule has 4 heterocycles. The predicted molar refractivity (Wildman–Crippen MR) is 127 cm³/mol. The van der Waals surface area contributed by atoms with E-state index in [1.54, 1.807) is 6.07 Å². The molecule has 2 saturated heterocycles. The highest BCUT2D eigenvalue weighted by atomic mass is 16.1. The summed E-state index contributed by atoms with van der Waals surface area (Å²) in [5.41, 5.74) is 3.93. The van der Waals surface area contributed by atoms with Gasteiger partial charge in [0.15, 0.2) is 0 Å². The number of hydrogen-bond acceptors (Lipinski definition) is 3. The van der Waals surface area contributed by atoms with Gasteiger partial charge >= 0.3 is 0 Å². The lowest BCUT2D eigenvalue weighted by Gasteiger charge is -2.47. The van der Waals surface area contributed by atoms with Crippen molar-refractivity contribution in [3.63, 3.8) is 0 Å². The molecule has 0 radical (unpaired) electrons. The van der Waals surface area contributed by atoms with Crippen molar-refractivity contribution in [2.24, 2.45) is 5.92 Å². The maximum Gasteiger partial charge on any atom is 0.250 e. The molecule has 0 amide bonds. The number of likely N-dealkylation sites (tertiary alicyclic amines) is 2. The molecule has 3 aliphatic rings. The zero-order valence-electron chi connectivity index (χ0n) is 18.3. The largest absolute Gasteiger partial charge is 0.311 e. The van der Waals surface area contributed by atoms with Crippen LogP contribution in [0.1, 0.15) is 30.9 Å². The summed E-state index contributed by atoms with van der Waals surface area (Å²) in [6, 6.07) is 19.8. The molecule has 2 bridgehead atoms. The Morgan fingerprint density at radius 2 is 1.68 bits per heavy atom. The van der Waals surface area contributed by atoms with E-state index in [9.17, 15) is 4.79 Å². The van der Waals surface area contributed by atoms with Crippen LogP contribution in [0.4, 0.5) is 0 Å². The molecular weight excluding hydrogens is 382 g/mol. The summed E-state index contributed by atoms with van der Waals surface area (Å²) in [6.07, 6.45) is 3.76. The Balaban J connectivity index is 1.39. The molecule has 160 valence electrons. The average Bonchev–Trinajstić information content (AvgIpc) is 2.80. The van der Waals surface area contributed by atoms with Crippen molar-refractivity contribution in [3.05, 3.63) is 70.6 Å². The fourth-order valence-corrected chi connectivity index (χ4v) is 6.31. The van der Waals surface area contributed by atoms with Gasteiger partial charge in [0, 0.05) is 48.9 Å². The van der Waals surface area contributed by atoms with Crippen molar-refractivity contribution in [1.82, 2.24) is 14.4 Å². The third-order valence-corrected chi connectivity index (χ3v) is 7.88. The summed E-state index contributed by atoms with van der Waals surface area (Å²) in [5, 5.41) is 2.52. The van der Waals surface area contributed by atoms with Crippen LogP contribution < -0.4 is 5.56 Å². The molecule has 2 fully saturated rings. The SMILES string of the molecule is CN1CCC(N2C[C@H]3C[C@H](C2)c2c(-c4ccc5ccccc5c4)ccc(=O)n2C3)CC1. The Labute approximate surface area is 184 Å². The van der Waals surface area contributed by atoms with Crippen molar-refractivity contribution in [1.29, 1.82) is 0 Å². The first-order valence-corrected chi connectivity index (χ1v) is 11.8. The van der Waals surface area contributed by atoms with Gasteiger partial charge in [-0.2, -0.15) is 0 Å². The van der Waals surface area contributed by atoms with E-state index in [0.29, 0.717) is 17.9 Å². The van der Waals surface area contributed by atoms with Crippen LogP contribution >= 0.6 is 0 Å². The summed E-state index contributed by atoms with van der Waals surface area (Å²) in [7, 11) is 2.24. The van der Waals surface area contributed by atoms with Crippen LogP contribution in [0.2, 0.25) is 0 Å². The van der Waals surface area contributed by atoms with Gasteiger partial charge in [-0.15, -0.1) is 0 Å². The molecule has 4 nitrogen and oxygen atoms in total. The molecule has 0 aliphatic carbocycles. The number of hydrogen-bond donors (Lipinski definition) is 0. The Morgan fingerprint density at radius 3 is 2.52 bits per heavy atom. The minimum Gasteiger partial charge on any atom is -0.311 e. The van der Waals surface area contributed by atoms with Crippen LogP contribution in [0.15, 0.2) is 59.4 Å². The molecule has 1 aromatic heterocycles. The second-order valence-electron chi connectivity index (χ2n) is 9.93. The molecule has 0 unspecified atom stereocenters. The van der Waals surface area contributed by atoms with Crippen molar-refractivity contribution in [2.75, 3.05) is 33.2 Å². The van der Waals surface area contributed by atoms with E-state index >= 15 is 0 Å². The Morgan fingerprint density at radius 1 is 0.871 bits per heavy atom. The van der Waals surface area contributed by atoms with Gasteiger partial charge in [0.05, 0.1) is 0 Å². The Hall–Kier alpha value is -2.43. The maximum atomic E-state index is 12.9. The predicted octanol–water partition coefficient (Wildman–Crippen LogP) is 4.18. The number of aromatic nitrogens is 1. The van der Waals surface area contributed by atoms with Crippen molar-refractivity contribution in [3.8, 4) is 11.1 Å². The van der Waals surface area contributed by atoms with Crippen LogP contribution in [-0.4, -0.2) is 53.6 Å². The van der Waals surface area contributed by atoms with Gasteiger partial charge in [-0.25, -0.2) is 0 Å². The first kappa shape index (κ1) is 19.3. The molecule has 31 heavy (non-hydrogen) atoms. The molecule has 6 rings (SSSR count). The minimum atomic E-state index is 0.169. The summed E-state index contributed by atoms with van der Waals surface area (Å²) >= 11 is 0. The van der Waals surface area contributed by atoms with Gasteiger partial charge in [0.1, 0.15) is 0 Å². The molecule has 4 heteroatoms. The number of nitrogens with zero attached hydrogens (tertiary/aromatic N) is 3. The quantitative estimate of drug-likeness (QED) is 0.631. The van der Waals surface area contributed by atoms with Gasteiger partial charge in [-0.3, -0.25) is 9.69 Å². The van der Waals surface area contributed by atoms with Gasteiger partial charge in [0.25, 0.3) is 5.56 Å². The summed E-state index contributed by atoms with van der Waals surface area (Å²) in [5.74, 6) is 1.04. The number of piperidine rings is 2. The molecule has 3 aromatic rings. The molecule has 2 atom stereocenters. The Bertz CT molecular complexity index is 1170. The fourth-order valence-electron chi connectivity index (χ4n) is 6.31. The fraction of sp³-hybridized carbons (Fsp3) is 0.444. The van der Waals surface area contributed by atoms with E-state index in [-0.39, 0.29) is 5.56 Å². The van der Waals surface area contributed by atoms with Crippen LogP contribution in [0.3, 0.4) is 0 Å². The Kier molecular flexibility index (Phi) is 4.73. The minimum absolute atomic E-state index is 0.169. The molecular formula is C27H31N3O. The summed E-state index contributed by atoms with van der Waals surface area (Å²) in [4.78, 5) is 18.1. The standard InChI is InChI=1S/C27H31N3O/c1-28-12-10-24(11-13-28)29-16-19-14-23(18-29)27-25(8-9-26(31)30(27)17-19)22-7-6-20-4-2-3-5-21(20)15-22/h2-9,15,19,23-24H,10-14,16-18H2,1H3/t19-,23-/m1/s1. The van der Waals surface area contributed by atoms with Gasteiger partial charge in [-0.05, 0) is 73.8 Å². The third-order valence-electron chi connectivity index (χ3n) is 7.88. The first-order chi connectivity index (χ1) is 15.2. The topological polar surface area (TPSA) is 28.5 Å². The summed E-state index contributed by atoms with van der Waals surface area (Å²) < 4.78 is 2.11. The first-order valence-electron chi connectivity index (χ1n) is 11.8. The smallest absolute Gasteiger partial charge is 0.250 e. The van der Waals surface area contributed by atoms with E-state index in [4.69, 9.17) is 0 Å². The molecule has 0 N–H and O–H groups in total. The second kappa shape index (κ2) is 7.61. The normalized spacial score (nSPS) is 24.9. The van der Waals surface area contributed by atoms with Crippen molar-refractivity contribution >= 4 is 10.8 Å². The van der Waals surface area contributed by atoms with Gasteiger partial charge in [-0.1, -0.05) is 36.4 Å². The molecule has 0 saturated carbocycles. The van der Waals surface area contributed by atoms with E-state index in [2.05, 4.69) is 69.9 Å². The monoisotopic (exact) mass is 413 g/mol. The highest BCUT2D eigenvalue weighted by Crippen LogP contribution is 2.41. The zero-order valence-corrected chi connectivity index (χ0v) is 18.3. The van der Waals surface area contributed by atoms with Crippen LogP contribution in [0, 0.1) is 5.92 Å². The molecule has 0 spiro atoms. The van der Waals surface area contributed by atoms with Crippen LogP contribution in [0.25, 0.3) is 21.9 Å². The zero-order chi connectivity index (χ0) is 20.9. The number of rotatable bonds is 2. The highest BCUT2D eigenvalue weighted by Gasteiger charge is 2.38. The van der Waals surface area contributed by atoms with Crippen LogP contribution in [0.5, 0.6) is 0 Å². The third kappa shape index (κ3) is 3.42. The lowest BCUT2D eigenvalue weighted by Crippen LogP contribution is -2.53. The van der Waals surface area contributed by atoms with Crippen molar-refractivity contribution in [2.45, 2.75) is 37.8 Å². The number of pyridine rings is 1. The lowest BCUT2D eigenvalue weighted by molar-refractivity contribution is 0.0519. The van der Waals surface area contributed by atoms with E-state index < -0.39 is 0 Å². The van der Waals surface area contributed by atoms with E-state index in [1.807, 2.05) is 0 Å². The second-order valence-corrected chi connectivity index (χ2v) is 9.93. The average molecular weight is 414 g/mol. The summed E-state index contributed by atoms with van der Waals surface area (Å²) in [6.45, 7) is 5.52. The highest BCUT2D eigenvalue weighted by molar-refractivity contribution is 5.87. The molecule has 2 aromatic carbocycles.